The summed E-state index contributed by atoms with van der Waals surface area (Å²) in [6.45, 7) is 7.95. The summed E-state index contributed by atoms with van der Waals surface area (Å²) < 4.78 is 0. The molecular formula is C15H19N3. The summed E-state index contributed by atoms with van der Waals surface area (Å²) in [5.41, 5.74) is 3.37. The van der Waals surface area contributed by atoms with Gasteiger partial charge in [-0.25, -0.2) is 0 Å². The molecule has 0 spiro atoms. The average Bonchev–Trinajstić information content (AvgIpc) is 2.92. The number of nitrogens with one attached hydrogen (secondary N) is 1. The van der Waals surface area contributed by atoms with Crippen molar-refractivity contribution in [1.82, 2.24) is 10.2 Å². The molecule has 0 saturated carbocycles. The fourth-order valence-electron chi connectivity index (χ4n) is 3.27. The standard InChI is InChI=1S/C15H19N3/c1-11-4-12(5-16)2-3-13(11)8-18-9-14-6-17-7-15(14)10-18/h2-4,14-15,17H,6-10H2,1H3. The minimum Gasteiger partial charge on any atom is -0.316 e. The van der Waals surface area contributed by atoms with Gasteiger partial charge in [0.15, 0.2) is 0 Å². The number of rotatable bonds is 2. The van der Waals surface area contributed by atoms with Crippen molar-refractivity contribution in [3.63, 3.8) is 0 Å². The van der Waals surface area contributed by atoms with Crippen LogP contribution in [0.25, 0.3) is 0 Å². The Hall–Kier alpha value is -1.37. The third kappa shape index (κ3) is 2.14. The van der Waals surface area contributed by atoms with Crippen molar-refractivity contribution in [3.05, 3.63) is 34.9 Å². The van der Waals surface area contributed by atoms with Crippen LogP contribution in [-0.2, 0) is 6.54 Å². The lowest BCUT2D eigenvalue weighted by molar-refractivity contribution is 0.305. The minimum atomic E-state index is 0.763. The van der Waals surface area contributed by atoms with Gasteiger partial charge >= 0.3 is 0 Å². The van der Waals surface area contributed by atoms with Crippen molar-refractivity contribution in [1.29, 1.82) is 5.26 Å². The molecular weight excluding hydrogens is 222 g/mol. The summed E-state index contributed by atoms with van der Waals surface area (Å²) in [5.74, 6) is 1.70. The van der Waals surface area contributed by atoms with Gasteiger partial charge in [0.1, 0.15) is 0 Å². The third-order valence-electron chi connectivity index (χ3n) is 4.33. The van der Waals surface area contributed by atoms with E-state index in [0.717, 1.165) is 23.9 Å². The molecule has 0 aliphatic carbocycles. The van der Waals surface area contributed by atoms with Crippen LogP contribution in [0.5, 0.6) is 0 Å². The number of fused-ring (bicyclic) bond motifs is 1. The lowest BCUT2D eigenvalue weighted by Gasteiger charge is -2.18. The van der Waals surface area contributed by atoms with Crippen LogP contribution < -0.4 is 5.32 Å². The van der Waals surface area contributed by atoms with Gasteiger partial charge < -0.3 is 5.32 Å². The number of aryl methyl sites for hydroxylation is 1. The molecule has 2 unspecified atom stereocenters. The summed E-state index contributed by atoms with van der Waals surface area (Å²) in [5, 5.41) is 12.4. The average molecular weight is 241 g/mol. The first kappa shape index (κ1) is 11.7. The first-order chi connectivity index (χ1) is 8.76. The van der Waals surface area contributed by atoms with E-state index in [0.29, 0.717) is 0 Å². The van der Waals surface area contributed by atoms with Crippen molar-refractivity contribution in [2.45, 2.75) is 13.5 Å². The van der Waals surface area contributed by atoms with Crippen molar-refractivity contribution in [2.75, 3.05) is 26.2 Å². The molecule has 1 N–H and O–H groups in total. The summed E-state index contributed by atoms with van der Waals surface area (Å²) in [7, 11) is 0. The molecule has 0 aromatic heterocycles. The van der Waals surface area contributed by atoms with E-state index in [1.165, 1.54) is 37.3 Å². The zero-order chi connectivity index (χ0) is 12.5. The summed E-state index contributed by atoms with van der Waals surface area (Å²) in [4.78, 5) is 2.56. The maximum absolute atomic E-state index is 8.88. The molecule has 1 aromatic carbocycles. The molecule has 0 bridgehead atoms. The highest BCUT2D eigenvalue weighted by Gasteiger charge is 2.35. The lowest BCUT2D eigenvalue weighted by atomic mass is 10.0. The zero-order valence-corrected chi connectivity index (χ0v) is 10.8. The van der Waals surface area contributed by atoms with Crippen LogP contribution in [0.2, 0.25) is 0 Å². The number of hydrogen-bond acceptors (Lipinski definition) is 3. The van der Waals surface area contributed by atoms with Crippen LogP contribution in [0.4, 0.5) is 0 Å². The van der Waals surface area contributed by atoms with Gasteiger partial charge in [0.25, 0.3) is 0 Å². The van der Waals surface area contributed by atoms with Crippen molar-refractivity contribution in [3.8, 4) is 6.07 Å². The second kappa shape index (κ2) is 4.72. The Morgan fingerprint density at radius 1 is 1.33 bits per heavy atom. The number of nitrogens with zero attached hydrogens (tertiary/aromatic N) is 2. The first-order valence-electron chi connectivity index (χ1n) is 6.69. The molecule has 0 amide bonds. The first-order valence-corrected chi connectivity index (χ1v) is 6.69. The number of nitriles is 1. The van der Waals surface area contributed by atoms with Gasteiger partial charge in [0, 0.05) is 19.6 Å². The van der Waals surface area contributed by atoms with E-state index in [1.54, 1.807) is 0 Å². The summed E-state index contributed by atoms with van der Waals surface area (Å²) in [6, 6.07) is 8.24. The highest BCUT2D eigenvalue weighted by molar-refractivity contribution is 5.37. The predicted molar refractivity (Wildman–Crippen MR) is 71.0 cm³/mol. The van der Waals surface area contributed by atoms with Crippen molar-refractivity contribution in [2.24, 2.45) is 11.8 Å². The summed E-state index contributed by atoms with van der Waals surface area (Å²) >= 11 is 0. The van der Waals surface area contributed by atoms with Crippen LogP contribution in [0.15, 0.2) is 18.2 Å². The topological polar surface area (TPSA) is 39.1 Å². The molecule has 3 rings (SSSR count). The molecule has 2 saturated heterocycles. The smallest absolute Gasteiger partial charge is 0.0991 e. The highest BCUT2D eigenvalue weighted by Crippen LogP contribution is 2.27. The van der Waals surface area contributed by atoms with E-state index < -0.39 is 0 Å². The van der Waals surface area contributed by atoms with Gasteiger partial charge in [0.2, 0.25) is 0 Å². The second-order valence-electron chi connectivity index (χ2n) is 5.63. The number of benzene rings is 1. The largest absolute Gasteiger partial charge is 0.316 e. The Morgan fingerprint density at radius 2 is 2.06 bits per heavy atom. The van der Waals surface area contributed by atoms with E-state index in [9.17, 15) is 0 Å². The molecule has 2 aliphatic heterocycles. The second-order valence-corrected chi connectivity index (χ2v) is 5.63. The SMILES string of the molecule is Cc1cc(C#N)ccc1CN1CC2CNCC2C1. The summed E-state index contributed by atoms with van der Waals surface area (Å²) in [6.07, 6.45) is 0. The van der Waals surface area contributed by atoms with E-state index in [2.05, 4.69) is 29.3 Å². The molecule has 2 heterocycles. The molecule has 94 valence electrons. The fourth-order valence-corrected chi connectivity index (χ4v) is 3.27. The molecule has 2 fully saturated rings. The molecule has 3 heteroatoms. The van der Waals surface area contributed by atoms with Gasteiger partial charge in [-0.3, -0.25) is 4.90 Å². The Morgan fingerprint density at radius 3 is 2.67 bits per heavy atom. The van der Waals surface area contributed by atoms with Gasteiger partial charge in [-0.1, -0.05) is 6.07 Å². The Kier molecular flexibility index (Phi) is 3.07. The van der Waals surface area contributed by atoms with E-state index in [4.69, 9.17) is 5.26 Å². The molecule has 2 aliphatic rings. The maximum Gasteiger partial charge on any atom is 0.0991 e. The Labute approximate surface area is 108 Å². The zero-order valence-electron chi connectivity index (χ0n) is 10.8. The molecule has 2 atom stereocenters. The van der Waals surface area contributed by atoms with Gasteiger partial charge in [-0.2, -0.15) is 5.26 Å². The van der Waals surface area contributed by atoms with Crippen LogP contribution in [0.3, 0.4) is 0 Å². The van der Waals surface area contributed by atoms with E-state index in [-0.39, 0.29) is 0 Å². The van der Waals surface area contributed by atoms with Crippen LogP contribution in [0, 0.1) is 30.1 Å². The maximum atomic E-state index is 8.88. The van der Waals surface area contributed by atoms with E-state index in [1.807, 2.05) is 12.1 Å². The van der Waals surface area contributed by atoms with Gasteiger partial charge in [-0.15, -0.1) is 0 Å². The molecule has 18 heavy (non-hydrogen) atoms. The predicted octanol–water partition coefficient (Wildman–Crippen LogP) is 1.52. The van der Waals surface area contributed by atoms with Gasteiger partial charge in [-0.05, 0) is 55.1 Å². The van der Waals surface area contributed by atoms with Crippen LogP contribution >= 0.6 is 0 Å². The lowest BCUT2D eigenvalue weighted by Crippen LogP contribution is -2.25. The van der Waals surface area contributed by atoms with Gasteiger partial charge in [0.05, 0.1) is 11.6 Å². The van der Waals surface area contributed by atoms with E-state index >= 15 is 0 Å². The number of hydrogen-bond donors (Lipinski definition) is 1. The molecule has 3 nitrogen and oxygen atoms in total. The monoisotopic (exact) mass is 241 g/mol. The molecule has 0 radical (unpaired) electrons. The van der Waals surface area contributed by atoms with Crippen LogP contribution in [0.1, 0.15) is 16.7 Å². The Bertz CT molecular complexity index is 477. The normalized spacial score (nSPS) is 27.1. The highest BCUT2D eigenvalue weighted by atomic mass is 15.2. The van der Waals surface area contributed by atoms with Crippen LogP contribution in [-0.4, -0.2) is 31.1 Å². The quantitative estimate of drug-likeness (QED) is 0.853. The fraction of sp³-hybridized carbons (Fsp3) is 0.533. The van der Waals surface area contributed by atoms with Crippen molar-refractivity contribution < 1.29 is 0 Å². The third-order valence-corrected chi connectivity index (χ3v) is 4.33. The molecule has 1 aromatic rings. The Balaban J connectivity index is 1.69. The minimum absolute atomic E-state index is 0.763. The number of likely N-dealkylation sites (tertiary alicyclic amines) is 1. The van der Waals surface area contributed by atoms with Crippen molar-refractivity contribution >= 4 is 0 Å².